The fourth-order valence-corrected chi connectivity index (χ4v) is 3.39. The number of amides is 1. The van der Waals surface area contributed by atoms with Gasteiger partial charge >= 0.3 is 0 Å². The van der Waals surface area contributed by atoms with E-state index in [0.717, 1.165) is 27.6 Å². The van der Waals surface area contributed by atoms with Crippen molar-refractivity contribution in [1.29, 1.82) is 0 Å². The van der Waals surface area contributed by atoms with Gasteiger partial charge in [-0.25, -0.2) is 4.85 Å². The Balaban J connectivity index is 1.82. The van der Waals surface area contributed by atoms with Gasteiger partial charge in [-0.1, -0.05) is 30.3 Å². The van der Waals surface area contributed by atoms with Gasteiger partial charge in [0.15, 0.2) is 5.69 Å². The van der Waals surface area contributed by atoms with Gasteiger partial charge in [0.25, 0.3) is 0 Å². The molecule has 3 aromatic carbocycles. The van der Waals surface area contributed by atoms with Crippen LogP contribution in [0.1, 0.15) is 15.9 Å². The monoisotopic (exact) mass is 366 g/mol. The van der Waals surface area contributed by atoms with Crippen LogP contribution in [-0.4, -0.2) is 10.5 Å². The first kappa shape index (κ1) is 17.4. The van der Waals surface area contributed by atoms with Crippen LogP contribution in [-0.2, 0) is 6.54 Å². The van der Waals surface area contributed by atoms with E-state index in [2.05, 4.69) is 15.6 Å². The second kappa shape index (κ2) is 6.93. The van der Waals surface area contributed by atoms with Gasteiger partial charge in [-0.3, -0.25) is 4.79 Å². The van der Waals surface area contributed by atoms with Crippen molar-refractivity contribution in [3.05, 3.63) is 95.5 Å². The second-order valence-electron chi connectivity index (χ2n) is 6.67. The predicted octanol–water partition coefficient (Wildman–Crippen LogP) is 4.59. The summed E-state index contributed by atoms with van der Waals surface area (Å²) in [5.41, 5.74) is 17.2. The first-order valence-electron chi connectivity index (χ1n) is 8.80. The molecule has 0 radical (unpaired) electrons. The molecule has 4 N–H and O–H groups in total. The van der Waals surface area contributed by atoms with Gasteiger partial charge < -0.3 is 16.0 Å². The number of hydrogen-bond acceptors (Lipinski definition) is 2. The highest BCUT2D eigenvalue weighted by Crippen LogP contribution is 2.34. The molecule has 0 spiro atoms. The van der Waals surface area contributed by atoms with E-state index in [-0.39, 0.29) is 0 Å². The molecule has 1 aromatic heterocycles. The van der Waals surface area contributed by atoms with E-state index in [0.29, 0.717) is 23.5 Å². The van der Waals surface area contributed by atoms with Crippen molar-refractivity contribution in [2.45, 2.75) is 6.54 Å². The molecule has 136 valence electrons. The van der Waals surface area contributed by atoms with Crippen molar-refractivity contribution < 1.29 is 4.79 Å². The summed E-state index contributed by atoms with van der Waals surface area (Å²) in [5, 5.41) is 1.01. The fourth-order valence-electron chi connectivity index (χ4n) is 3.39. The maximum atomic E-state index is 11.3. The van der Waals surface area contributed by atoms with Crippen LogP contribution < -0.4 is 11.5 Å². The Labute approximate surface area is 162 Å². The van der Waals surface area contributed by atoms with Gasteiger partial charge in [0.05, 0.1) is 6.57 Å². The lowest BCUT2D eigenvalue weighted by Gasteiger charge is -2.06. The number of nitrogens with zero attached hydrogens (tertiary/aromatic N) is 2. The van der Waals surface area contributed by atoms with E-state index in [1.807, 2.05) is 54.6 Å². The zero-order chi connectivity index (χ0) is 19.7. The highest BCUT2D eigenvalue weighted by molar-refractivity contribution is 5.98. The summed E-state index contributed by atoms with van der Waals surface area (Å²) in [6.07, 6.45) is 2.08. The standard InChI is InChI=1S/C23H18N4O/c1-26-19-9-10-22-20(12-19)21(17-3-2-4-18(24)11-17)14-27(22)13-15-5-7-16(8-6-15)23(25)28/h2-12,14H,13,24H2,(H2,25,28). The number of nitrogen functional groups attached to an aromatic ring is 1. The maximum absolute atomic E-state index is 11.3. The van der Waals surface area contributed by atoms with Crippen LogP contribution >= 0.6 is 0 Å². The number of rotatable bonds is 4. The minimum atomic E-state index is -0.436. The van der Waals surface area contributed by atoms with Crippen LogP contribution in [0.4, 0.5) is 11.4 Å². The quantitative estimate of drug-likeness (QED) is 0.409. The lowest BCUT2D eigenvalue weighted by atomic mass is 10.0. The van der Waals surface area contributed by atoms with Crippen molar-refractivity contribution in [3.8, 4) is 11.1 Å². The number of aromatic nitrogens is 1. The molecule has 0 aliphatic carbocycles. The number of anilines is 1. The van der Waals surface area contributed by atoms with E-state index in [1.165, 1.54) is 0 Å². The van der Waals surface area contributed by atoms with Gasteiger partial charge in [-0.15, -0.1) is 0 Å². The number of fused-ring (bicyclic) bond motifs is 1. The number of benzene rings is 3. The molecule has 5 nitrogen and oxygen atoms in total. The Hall–Kier alpha value is -4.04. The number of primary amides is 1. The molecule has 5 heteroatoms. The summed E-state index contributed by atoms with van der Waals surface area (Å²) in [4.78, 5) is 14.8. The predicted molar refractivity (Wildman–Crippen MR) is 112 cm³/mol. The van der Waals surface area contributed by atoms with Gasteiger partial charge in [0.2, 0.25) is 5.91 Å². The average molecular weight is 366 g/mol. The van der Waals surface area contributed by atoms with Gasteiger partial charge in [-0.05, 0) is 52.9 Å². The van der Waals surface area contributed by atoms with Gasteiger partial charge in [0, 0.05) is 35.1 Å². The summed E-state index contributed by atoms with van der Waals surface area (Å²) in [6.45, 7) is 7.96. The number of carbonyl (C=O) groups excluding carboxylic acids is 1. The molecule has 0 unspecified atom stereocenters. The Morgan fingerprint density at radius 2 is 1.82 bits per heavy atom. The summed E-state index contributed by atoms with van der Waals surface area (Å²) in [6, 6.07) is 20.7. The molecule has 0 saturated heterocycles. The number of carbonyl (C=O) groups is 1. The highest BCUT2D eigenvalue weighted by atomic mass is 16.1. The molecular formula is C23H18N4O. The molecule has 0 fully saturated rings. The number of hydrogen-bond donors (Lipinski definition) is 2. The molecule has 0 bridgehead atoms. The van der Waals surface area contributed by atoms with E-state index in [1.54, 1.807) is 12.1 Å². The minimum absolute atomic E-state index is 0.436. The van der Waals surface area contributed by atoms with E-state index in [9.17, 15) is 4.79 Å². The molecule has 1 heterocycles. The third kappa shape index (κ3) is 3.19. The smallest absolute Gasteiger partial charge is 0.248 e. The summed E-state index contributed by atoms with van der Waals surface area (Å²) < 4.78 is 2.14. The molecule has 0 atom stereocenters. The van der Waals surface area contributed by atoms with Crippen LogP contribution in [0.3, 0.4) is 0 Å². The van der Waals surface area contributed by atoms with Crippen molar-refractivity contribution in [3.63, 3.8) is 0 Å². The molecular weight excluding hydrogens is 348 g/mol. The summed E-state index contributed by atoms with van der Waals surface area (Å²) in [5.74, 6) is -0.436. The van der Waals surface area contributed by atoms with Crippen molar-refractivity contribution in [2.75, 3.05) is 5.73 Å². The molecule has 0 aliphatic heterocycles. The van der Waals surface area contributed by atoms with Crippen LogP contribution in [0.15, 0.2) is 72.9 Å². The summed E-state index contributed by atoms with van der Waals surface area (Å²) >= 11 is 0. The van der Waals surface area contributed by atoms with Crippen molar-refractivity contribution >= 4 is 28.2 Å². The minimum Gasteiger partial charge on any atom is -0.399 e. The summed E-state index contributed by atoms with van der Waals surface area (Å²) in [7, 11) is 0. The van der Waals surface area contributed by atoms with Gasteiger partial charge in [-0.2, -0.15) is 0 Å². The Kier molecular flexibility index (Phi) is 4.30. The zero-order valence-electron chi connectivity index (χ0n) is 15.1. The lowest BCUT2D eigenvalue weighted by molar-refractivity contribution is 0.100. The topological polar surface area (TPSA) is 78.4 Å². The Bertz CT molecular complexity index is 1230. The first-order valence-corrected chi connectivity index (χ1v) is 8.80. The largest absolute Gasteiger partial charge is 0.399 e. The average Bonchev–Trinajstić information content (AvgIpc) is 3.06. The third-order valence-corrected chi connectivity index (χ3v) is 4.78. The Morgan fingerprint density at radius 1 is 1.04 bits per heavy atom. The van der Waals surface area contributed by atoms with Crippen molar-refractivity contribution in [1.82, 2.24) is 4.57 Å². The Morgan fingerprint density at radius 3 is 2.50 bits per heavy atom. The number of nitrogens with two attached hydrogens (primary N) is 2. The SMILES string of the molecule is [C-]#[N+]c1ccc2c(c1)c(-c1cccc(N)c1)cn2Cc1ccc(C(N)=O)cc1. The van der Waals surface area contributed by atoms with Crippen LogP contribution in [0.2, 0.25) is 0 Å². The van der Waals surface area contributed by atoms with E-state index >= 15 is 0 Å². The second-order valence-corrected chi connectivity index (χ2v) is 6.67. The third-order valence-electron chi connectivity index (χ3n) is 4.78. The van der Waals surface area contributed by atoms with Gasteiger partial charge in [0.1, 0.15) is 0 Å². The van der Waals surface area contributed by atoms with E-state index in [4.69, 9.17) is 18.0 Å². The van der Waals surface area contributed by atoms with Crippen molar-refractivity contribution in [2.24, 2.45) is 5.73 Å². The maximum Gasteiger partial charge on any atom is 0.248 e. The fraction of sp³-hybridized carbons (Fsp3) is 0.0435. The molecule has 0 saturated carbocycles. The molecule has 1 amide bonds. The van der Waals surface area contributed by atoms with Crippen LogP contribution in [0, 0.1) is 6.57 Å². The molecule has 4 aromatic rings. The molecule has 4 rings (SSSR count). The first-order chi connectivity index (χ1) is 13.5. The highest BCUT2D eigenvalue weighted by Gasteiger charge is 2.12. The molecule has 28 heavy (non-hydrogen) atoms. The normalized spacial score (nSPS) is 10.7. The lowest BCUT2D eigenvalue weighted by Crippen LogP contribution is -2.10. The van der Waals surface area contributed by atoms with E-state index < -0.39 is 5.91 Å². The van der Waals surface area contributed by atoms with Crippen LogP contribution in [0.5, 0.6) is 0 Å². The zero-order valence-corrected chi connectivity index (χ0v) is 15.1. The van der Waals surface area contributed by atoms with Crippen LogP contribution in [0.25, 0.3) is 26.9 Å². The molecule has 0 aliphatic rings.